The average Bonchev–Trinajstić information content (AvgIpc) is 2.50. The lowest BCUT2D eigenvalue weighted by Gasteiger charge is -2.12. The summed E-state index contributed by atoms with van der Waals surface area (Å²) in [7, 11) is 0. The fraction of sp³-hybridized carbons (Fsp3) is 0.105. The predicted octanol–water partition coefficient (Wildman–Crippen LogP) is 6.34. The largest absolute Gasteiger partial charge is 0.247 e. The SMILES string of the molecule is Cc1cc(C)c(-c2ccc(Cl)cc2)nc1-c1ccc(Cl)cc1. The van der Waals surface area contributed by atoms with Crippen molar-refractivity contribution >= 4 is 23.2 Å². The van der Waals surface area contributed by atoms with E-state index < -0.39 is 0 Å². The molecule has 0 fully saturated rings. The average molecular weight is 328 g/mol. The number of nitrogens with zero attached hydrogens (tertiary/aromatic N) is 1. The van der Waals surface area contributed by atoms with Crippen molar-refractivity contribution in [3.63, 3.8) is 0 Å². The van der Waals surface area contributed by atoms with E-state index in [9.17, 15) is 0 Å². The van der Waals surface area contributed by atoms with Crippen LogP contribution in [-0.2, 0) is 0 Å². The van der Waals surface area contributed by atoms with Gasteiger partial charge in [0.1, 0.15) is 0 Å². The van der Waals surface area contributed by atoms with Gasteiger partial charge in [0.2, 0.25) is 0 Å². The molecule has 0 unspecified atom stereocenters. The molecule has 0 saturated heterocycles. The first-order valence-corrected chi connectivity index (χ1v) is 7.80. The Bertz CT molecular complexity index is 739. The molecule has 1 heterocycles. The second-order valence-electron chi connectivity index (χ2n) is 5.33. The lowest BCUT2D eigenvalue weighted by molar-refractivity contribution is 1.23. The number of aromatic nitrogens is 1. The third kappa shape index (κ3) is 3.01. The van der Waals surface area contributed by atoms with Crippen molar-refractivity contribution in [2.24, 2.45) is 0 Å². The fourth-order valence-corrected chi connectivity index (χ4v) is 2.80. The van der Waals surface area contributed by atoms with Gasteiger partial charge in [0.05, 0.1) is 11.4 Å². The number of hydrogen-bond acceptors (Lipinski definition) is 1. The molecule has 0 amide bonds. The number of halogens is 2. The molecule has 0 saturated carbocycles. The van der Waals surface area contributed by atoms with E-state index in [1.54, 1.807) is 0 Å². The zero-order chi connectivity index (χ0) is 15.7. The minimum Gasteiger partial charge on any atom is -0.247 e. The minimum absolute atomic E-state index is 0.728. The van der Waals surface area contributed by atoms with E-state index in [-0.39, 0.29) is 0 Å². The van der Waals surface area contributed by atoms with Crippen LogP contribution in [0.2, 0.25) is 10.0 Å². The van der Waals surface area contributed by atoms with E-state index in [0.29, 0.717) is 0 Å². The number of pyridine rings is 1. The molecule has 0 spiro atoms. The maximum absolute atomic E-state index is 5.97. The molecule has 1 aromatic heterocycles. The highest BCUT2D eigenvalue weighted by molar-refractivity contribution is 6.30. The van der Waals surface area contributed by atoms with Gasteiger partial charge in [-0.2, -0.15) is 0 Å². The molecule has 0 atom stereocenters. The maximum atomic E-state index is 5.97. The number of benzene rings is 2. The second kappa shape index (κ2) is 6.12. The van der Waals surface area contributed by atoms with Crippen LogP contribution in [0, 0.1) is 13.8 Å². The van der Waals surface area contributed by atoms with E-state index >= 15 is 0 Å². The zero-order valence-corrected chi connectivity index (χ0v) is 13.9. The Morgan fingerprint density at radius 3 is 1.36 bits per heavy atom. The van der Waals surface area contributed by atoms with Crippen LogP contribution >= 0.6 is 23.2 Å². The third-order valence-electron chi connectivity index (χ3n) is 3.64. The molecular formula is C19H15Cl2N. The summed E-state index contributed by atoms with van der Waals surface area (Å²) in [5, 5.41) is 1.46. The highest BCUT2D eigenvalue weighted by atomic mass is 35.5. The molecule has 2 aromatic carbocycles. The topological polar surface area (TPSA) is 12.9 Å². The Labute approximate surface area is 140 Å². The van der Waals surface area contributed by atoms with Crippen LogP contribution in [0.15, 0.2) is 54.6 Å². The van der Waals surface area contributed by atoms with Gasteiger partial charge in [-0.05, 0) is 49.2 Å². The van der Waals surface area contributed by atoms with Crippen LogP contribution in [0.25, 0.3) is 22.5 Å². The van der Waals surface area contributed by atoms with Crippen molar-refractivity contribution < 1.29 is 0 Å². The summed E-state index contributed by atoms with van der Waals surface area (Å²) < 4.78 is 0. The van der Waals surface area contributed by atoms with Gasteiger partial charge in [-0.3, -0.25) is 0 Å². The molecule has 0 aliphatic carbocycles. The third-order valence-corrected chi connectivity index (χ3v) is 4.14. The Hall–Kier alpha value is -1.83. The molecule has 3 heteroatoms. The van der Waals surface area contributed by atoms with Crippen molar-refractivity contribution in [2.45, 2.75) is 13.8 Å². The quantitative estimate of drug-likeness (QED) is 0.535. The number of hydrogen-bond donors (Lipinski definition) is 0. The number of aryl methyl sites for hydroxylation is 2. The highest BCUT2D eigenvalue weighted by Gasteiger charge is 2.10. The molecule has 3 rings (SSSR count). The summed E-state index contributed by atoms with van der Waals surface area (Å²) in [6.45, 7) is 4.16. The molecule has 0 aliphatic rings. The molecule has 3 aromatic rings. The molecule has 0 N–H and O–H groups in total. The van der Waals surface area contributed by atoms with Crippen LogP contribution in [0.1, 0.15) is 11.1 Å². The van der Waals surface area contributed by atoms with E-state index in [4.69, 9.17) is 28.2 Å². The smallest absolute Gasteiger partial charge is 0.0738 e. The van der Waals surface area contributed by atoms with Gasteiger partial charge in [0.15, 0.2) is 0 Å². The van der Waals surface area contributed by atoms with Gasteiger partial charge < -0.3 is 0 Å². The first-order valence-electron chi connectivity index (χ1n) is 7.05. The Morgan fingerprint density at radius 2 is 1.00 bits per heavy atom. The molecule has 0 radical (unpaired) electrons. The van der Waals surface area contributed by atoms with Crippen molar-refractivity contribution in [1.29, 1.82) is 0 Å². The van der Waals surface area contributed by atoms with E-state index in [0.717, 1.165) is 43.7 Å². The lowest BCUT2D eigenvalue weighted by atomic mass is 10.0. The normalized spacial score (nSPS) is 10.7. The van der Waals surface area contributed by atoms with Gasteiger partial charge >= 0.3 is 0 Å². The van der Waals surface area contributed by atoms with Crippen molar-refractivity contribution in [3.05, 3.63) is 75.8 Å². The van der Waals surface area contributed by atoms with Crippen LogP contribution < -0.4 is 0 Å². The standard InChI is InChI=1S/C19H15Cl2N/c1-12-11-13(2)19(15-5-9-17(21)10-6-15)22-18(12)14-3-7-16(20)8-4-14/h3-11H,1-2H3. The van der Waals surface area contributed by atoms with Gasteiger partial charge in [0, 0.05) is 21.2 Å². The summed E-state index contributed by atoms with van der Waals surface area (Å²) in [5.74, 6) is 0. The fourth-order valence-electron chi connectivity index (χ4n) is 2.55. The first-order chi connectivity index (χ1) is 10.5. The van der Waals surface area contributed by atoms with Gasteiger partial charge in [-0.15, -0.1) is 0 Å². The lowest BCUT2D eigenvalue weighted by Crippen LogP contribution is -1.95. The molecule has 1 nitrogen and oxygen atoms in total. The van der Waals surface area contributed by atoms with Crippen LogP contribution in [-0.4, -0.2) is 4.98 Å². The molecular weight excluding hydrogens is 313 g/mol. The molecule has 0 bridgehead atoms. The zero-order valence-electron chi connectivity index (χ0n) is 12.4. The van der Waals surface area contributed by atoms with Crippen LogP contribution in [0.5, 0.6) is 0 Å². The molecule has 110 valence electrons. The summed E-state index contributed by atoms with van der Waals surface area (Å²) in [6.07, 6.45) is 0. The van der Waals surface area contributed by atoms with Crippen molar-refractivity contribution in [1.82, 2.24) is 4.98 Å². The number of rotatable bonds is 2. The Balaban J connectivity index is 2.14. The van der Waals surface area contributed by atoms with Crippen molar-refractivity contribution in [2.75, 3.05) is 0 Å². The first kappa shape index (κ1) is 15.1. The molecule has 22 heavy (non-hydrogen) atoms. The summed E-state index contributed by atoms with van der Waals surface area (Å²) >= 11 is 11.9. The predicted molar refractivity (Wildman–Crippen MR) is 94.6 cm³/mol. The Morgan fingerprint density at radius 1 is 0.636 bits per heavy atom. The maximum Gasteiger partial charge on any atom is 0.0738 e. The summed E-state index contributed by atoms with van der Waals surface area (Å²) in [4.78, 5) is 4.89. The van der Waals surface area contributed by atoms with Gasteiger partial charge in [0.25, 0.3) is 0 Å². The molecule has 0 aliphatic heterocycles. The van der Waals surface area contributed by atoms with Crippen molar-refractivity contribution in [3.8, 4) is 22.5 Å². The monoisotopic (exact) mass is 327 g/mol. The minimum atomic E-state index is 0.728. The van der Waals surface area contributed by atoms with E-state index in [1.165, 1.54) is 0 Å². The van der Waals surface area contributed by atoms with Gasteiger partial charge in [-0.25, -0.2) is 4.98 Å². The van der Waals surface area contributed by atoms with Crippen LogP contribution in [0.3, 0.4) is 0 Å². The van der Waals surface area contributed by atoms with E-state index in [2.05, 4.69) is 19.9 Å². The van der Waals surface area contributed by atoms with E-state index in [1.807, 2.05) is 48.5 Å². The summed E-state index contributed by atoms with van der Waals surface area (Å²) in [6, 6.07) is 17.7. The van der Waals surface area contributed by atoms with Crippen LogP contribution in [0.4, 0.5) is 0 Å². The van der Waals surface area contributed by atoms with Gasteiger partial charge in [-0.1, -0.05) is 53.5 Å². The second-order valence-corrected chi connectivity index (χ2v) is 6.21. The Kier molecular flexibility index (Phi) is 4.19. The highest BCUT2D eigenvalue weighted by Crippen LogP contribution is 2.30. The summed E-state index contributed by atoms with van der Waals surface area (Å²) in [5.41, 5.74) is 6.39.